The van der Waals surface area contributed by atoms with Gasteiger partial charge in [0.15, 0.2) is 0 Å². The minimum absolute atomic E-state index is 0.0900. The van der Waals surface area contributed by atoms with Crippen LogP contribution in [0.15, 0.2) is 16.5 Å². The van der Waals surface area contributed by atoms with Gasteiger partial charge in [0.1, 0.15) is 11.3 Å². The third kappa shape index (κ3) is 1.51. The summed E-state index contributed by atoms with van der Waals surface area (Å²) in [6.07, 6.45) is 1.91. The Hall–Kier alpha value is -1.68. The fraction of sp³-hybridized carbons (Fsp3) is 0.471. The maximum Gasteiger partial charge on any atom is 0.224 e. The van der Waals surface area contributed by atoms with Crippen LogP contribution in [0.4, 0.5) is 5.69 Å². The molecule has 114 valence electrons. The summed E-state index contributed by atoms with van der Waals surface area (Å²) in [5.74, 6) is 1.98. The van der Waals surface area contributed by atoms with Gasteiger partial charge < -0.3 is 15.1 Å². The Kier molecular flexibility index (Phi) is 2.44. The summed E-state index contributed by atoms with van der Waals surface area (Å²) in [5.41, 5.74) is 3.12. The van der Waals surface area contributed by atoms with Crippen molar-refractivity contribution in [3.8, 4) is 0 Å². The van der Waals surface area contributed by atoms with Crippen molar-refractivity contribution in [2.75, 3.05) is 11.9 Å². The highest BCUT2D eigenvalue weighted by molar-refractivity contribution is 6.35. The maximum atomic E-state index is 11.9. The standard InChI is InChI=1S/C17H17ClN2O2/c1-7-4-8-14-12(3-2-10(18)15(14)19-6-7)22-16(8)13-9-5-11(13)20-17(9)21/h2-3,7,9,11,13,19H,4-6H2,1H3,(H,20,21)/t7?,9-,11?,13?/m1/s1. The molecule has 0 spiro atoms. The smallest absolute Gasteiger partial charge is 0.224 e. The first kappa shape index (κ1) is 12.8. The van der Waals surface area contributed by atoms with Crippen molar-refractivity contribution >= 4 is 34.2 Å². The van der Waals surface area contributed by atoms with E-state index in [4.69, 9.17) is 16.0 Å². The molecule has 4 nitrogen and oxygen atoms in total. The van der Waals surface area contributed by atoms with Gasteiger partial charge in [-0.05, 0) is 30.9 Å². The number of halogens is 1. The summed E-state index contributed by atoms with van der Waals surface area (Å²) >= 11 is 6.39. The lowest BCUT2D eigenvalue weighted by molar-refractivity contribution is -0.121. The lowest BCUT2D eigenvalue weighted by atomic mass is 9.71. The van der Waals surface area contributed by atoms with Crippen molar-refractivity contribution in [2.45, 2.75) is 31.7 Å². The van der Waals surface area contributed by atoms with Crippen LogP contribution in [0, 0.1) is 11.8 Å². The molecule has 2 bridgehead atoms. The van der Waals surface area contributed by atoms with Crippen molar-refractivity contribution in [1.82, 2.24) is 5.32 Å². The Labute approximate surface area is 133 Å². The molecule has 2 aromatic rings. The quantitative estimate of drug-likeness (QED) is 0.849. The number of carbonyl (C=O) groups is 1. The molecule has 1 saturated carbocycles. The second-order valence-corrected chi connectivity index (χ2v) is 7.32. The molecule has 1 aliphatic carbocycles. The maximum absolute atomic E-state index is 11.9. The topological polar surface area (TPSA) is 54.3 Å². The zero-order valence-electron chi connectivity index (χ0n) is 12.3. The molecular weight excluding hydrogens is 300 g/mol. The van der Waals surface area contributed by atoms with Crippen molar-refractivity contribution in [2.24, 2.45) is 11.8 Å². The third-order valence-corrected chi connectivity index (χ3v) is 5.77. The number of nitrogens with one attached hydrogen (secondary N) is 2. The van der Waals surface area contributed by atoms with E-state index in [9.17, 15) is 4.79 Å². The Morgan fingerprint density at radius 3 is 2.95 bits per heavy atom. The van der Waals surface area contributed by atoms with Gasteiger partial charge in [0, 0.05) is 29.5 Å². The van der Waals surface area contributed by atoms with Gasteiger partial charge in [-0.15, -0.1) is 0 Å². The van der Waals surface area contributed by atoms with Gasteiger partial charge in [-0.2, -0.15) is 0 Å². The van der Waals surface area contributed by atoms with Crippen molar-refractivity contribution in [1.29, 1.82) is 0 Å². The number of hydrogen-bond donors (Lipinski definition) is 2. The van der Waals surface area contributed by atoms with Crippen LogP contribution in [0.25, 0.3) is 11.0 Å². The normalized spacial score (nSPS) is 32.4. The monoisotopic (exact) mass is 316 g/mol. The van der Waals surface area contributed by atoms with Gasteiger partial charge in [0.25, 0.3) is 0 Å². The van der Waals surface area contributed by atoms with E-state index in [-0.39, 0.29) is 23.8 Å². The molecule has 3 unspecified atom stereocenters. The van der Waals surface area contributed by atoms with Crippen LogP contribution in [0.2, 0.25) is 5.02 Å². The molecule has 4 aliphatic rings. The van der Waals surface area contributed by atoms with E-state index in [1.54, 1.807) is 0 Å². The highest BCUT2D eigenvalue weighted by atomic mass is 35.5. The highest BCUT2D eigenvalue weighted by Gasteiger charge is 2.55. The van der Waals surface area contributed by atoms with Crippen LogP contribution in [-0.2, 0) is 11.2 Å². The number of benzene rings is 1. The molecule has 3 aliphatic heterocycles. The molecule has 2 saturated heterocycles. The zero-order chi connectivity index (χ0) is 15.0. The number of amides is 1. The van der Waals surface area contributed by atoms with Crippen molar-refractivity contribution in [3.05, 3.63) is 28.5 Å². The number of carbonyl (C=O) groups excluding carboxylic acids is 1. The predicted molar refractivity (Wildman–Crippen MR) is 85.4 cm³/mol. The van der Waals surface area contributed by atoms with Crippen LogP contribution in [0.5, 0.6) is 0 Å². The molecule has 3 fully saturated rings. The van der Waals surface area contributed by atoms with E-state index in [1.807, 2.05) is 12.1 Å². The first-order valence-corrected chi connectivity index (χ1v) is 8.29. The lowest BCUT2D eigenvalue weighted by Gasteiger charge is -2.31. The summed E-state index contributed by atoms with van der Waals surface area (Å²) in [7, 11) is 0. The van der Waals surface area contributed by atoms with Gasteiger partial charge in [-0.25, -0.2) is 0 Å². The Bertz CT molecular complexity index is 813. The van der Waals surface area contributed by atoms with E-state index in [1.165, 1.54) is 5.56 Å². The summed E-state index contributed by atoms with van der Waals surface area (Å²) in [6.45, 7) is 3.13. The number of rotatable bonds is 1. The van der Waals surface area contributed by atoms with Gasteiger partial charge >= 0.3 is 0 Å². The Balaban J connectivity index is 1.74. The van der Waals surface area contributed by atoms with Crippen LogP contribution in [0.3, 0.4) is 0 Å². The first-order chi connectivity index (χ1) is 10.6. The van der Waals surface area contributed by atoms with Crippen molar-refractivity contribution in [3.63, 3.8) is 0 Å². The molecule has 2 N–H and O–H groups in total. The molecular formula is C17H17ClN2O2. The van der Waals surface area contributed by atoms with Gasteiger partial charge in [-0.3, -0.25) is 4.79 Å². The van der Waals surface area contributed by atoms with Gasteiger partial charge in [0.2, 0.25) is 5.91 Å². The molecule has 6 rings (SSSR count). The fourth-order valence-electron chi connectivity index (χ4n) is 4.31. The third-order valence-electron chi connectivity index (χ3n) is 5.46. The fourth-order valence-corrected chi connectivity index (χ4v) is 4.54. The largest absolute Gasteiger partial charge is 0.460 e. The van der Waals surface area contributed by atoms with Crippen molar-refractivity contribution < 1.29 is 9.21 Å². The molecule has 22 heavy (non-hydrogen) atoms. The summed E-state index contributed by atoms with van der Waals surface area (Å²) in [5, 5.41) is 8.39. The molecule has 0 radical (unpaired) electrons. The van der Waals surface area contributed by atoms with Crippen LogP contribution < -0.4 is 10.6 Å². The van der Waals surface area contributed by atoms with Gasteiger partial charge in [0.05, 0.1) is 16.6 Å². The van der Waals surface area contributed by atoms with E-state index in [0.717, 1.165) is 46.8 Å². The average molecular weight is 317 g/mol. The summed E-state index contributed by atoms with van der Waals surface area (Å²) < 4.78 is 6.21. The van der Waals surface area contributed by atoms with E-state index in [2.05, 4.69) is 17.6 Å². The molecule has 4 atom stereocenters. The van der Waals surface area contributed by atoms with Crippen LogP contribution >= 0.6 is 11.6 Å². The minimum Gasteiger partial charge on any atom is -0.460 e. The molecule has 5 heteroatoms. The summed E-state index contributed by atoms with van der Waals surface area (Å²) in [4.78, 5) is 11.9. The SMILES string of the molecule is CC1CNc2c(Cl)ccc3oc(C4C5C[C@H]4C(=O)N5)c(c23)C1. The number of furan rings is 1. The lowest BCUT2D eigenvalue weighted by Crippen LogP contribution is -2.35. The highest BCUT2D eigenvalue weighted by Crippen LogP contribution is 2.52. The van der Waals surface area contributed by atoms with Crippen LogP contribution in [-0.4, -0.2) is 18.5 Å². The predicted octanol–water partition coefficient (Wildman–Crippen LogP) is 3.29. The average Bonchev–Trinajstić information content (AvgIpc) is 3.05. The number of hydrogen-bond acceptors (Lipinski definition) is 3. The molecule has 1 aromatic carbocycles. The minimum atomic E-state index is 0.0900. The number of anilines is 1. The second kappa shape index (κ2) is 4.19. The molecule has 4 heterocycles. The van der Waals surface area contributed by atoms with E-state index >= 15 is 0 Å². The number of fused-ring (bicyclic) bond motifs is 1. The first-order valence-electron chi connectivity index (χ1n) is 7.91. The Morgan fingerprint density at radius 1 is 1.36 bits per heavy atom. The van der Waals surface area contributed by atoms with E-state index < -0.39 is 0 Å². The molecule has 1 aromatic heterocycles. The second-order valence-electron chi connectivity index (χ2n) is 6.91. The Morgan fingerprint density at radius 2 is 2.23 bits per heavy atom. The zero-order valence-corrected chi connectivity index (χ0v) is 13.0. The van der Waals surface area contributed by atoms with E-state index in [0.29, 0.717) is 5.92 Å². The summed E-state index contributed by atoms with van der Waals surface area (Å²) in [6, 6.07) is 4.08. The van der Waals surface area contributed by atoms with Gasteiger partial charge in [-0.1, -0.05) is 18.5 Å². The molecule has 1 amide bonds. The van der Waals surface area contributed by atoms with Crippen LogP contribution in [0.1, 0.15) is 30.6 Å².